The van der Waals surface area contributed by atoms with E-state index in [4.69, 9.17) is 12.3 Å². The fourth-order valence-corrected chi connectivity index (χ4v) is 7.32. The maximum absolute atomic E-state index is 9.32. The number of aryl methyl sites for hydroxylation is 3. The first-order chi connectivity index (χ1) is 25.3. The van der Waals surface area contributed by atoms with Crippen LogP contribution >= 0.6 is 11.3 Å². The molecule has 1 fully saturated rings. The first-order valence-electron chi connectivity index (χ1n) is 19.8. The van der Waals surface area contributed by atoms with Crippen LogP contribution in [0.4, 0.5) is 0 Å². The van der Waals surface area contributed by atoms with Crippen molar-refractivity contribution in [3.05, 3.63) is 119 Å². The van der Waals surface area contributed by atoms with Crippen LogP contribution in [0.5, 0.6) is 0 Å². The number of aromatic nitrogens is 2. The van der Waals surface area contributed by atoms with Crippen LogP contribution in [0.1, 0.15) is 80.7 Å². The van der Waals surface area contributed by atoms with E-state index in [1.165, 1.54) is 24.4 Å². The molecule has 0 bridgehead atoms. The number of fused-ring (bicyclic) bond motifs is 8. The van der Waals surface area contributed by atoms with Crippen molar-refractivity contribution in [2.75, 3.05) is 0 Å². The summed E-state index contributed by atoms with van der Waals surface area (Å²) in [5.74, 6) is -0.586. The number of benzene rings is 4. The van der Waals surface area contributed by atoms with Crippen molar-refractivity contribution in [1.29, 1.82) is 0 Å². The van der Waals surface area contributed by atoms with Crippen LogP contribution in [0, 0.1) is 38.1 Å². The topological polar surface area (TPSA) is 25.8 Å². The van der Waals surface area contributed by atoms with Crippen LogP contribution in [0.25, 0.3) is 53.8 Å². The Labute approximate surface area is 298 Å². The van der Waals surface area contributed by atoms with Gasteiger partial charge in [0.05, 0.1) is 0 Å². The standard InChI is InChI=1S/C28H26NS.C13H12N.Ir/c1-17-12-15-29-27-21-7-5-4-6-19(21)20-8-9-23-22(26(20)25(17)27)16-24(30-23)18-10-13-28(2,3)14-11-18;1-10-3-6-12(7-4-10)13-8-5-11(2)9-14-13;/h4-6,8-9,12,15-16,18H,10-11,13-14H2,1-3H3;3-6,8-9H,1-2H3;/q2*-1;/i1D3,18D;1D3,2D3;. The molecule has 3 heterocycles. The van der Waals surface area contributed by atoms with Crippen molar-refractivity contribution in [2.45, 2.75) is 66.0 Å². The minimum Gasteiger partial charge on any atom is -0.304 e. The molecule has 229 valence electrons. The van der Waals surface area contributed by atoms with E-state index >= 15 is 0 Å². The number of hydrogen-bond donors (Lipinski definition) is 0. The third-order valence-corrected chi connectivity index (χ3v) is 9.90. The molecule has 1 aliphatic carbocycles. The number of nitrogens with zero attached hydrogens (tertiary/aromatic N) is 2. The van der Waals surface area contributed by atoms with Gasteiger partial charge in [-0.25, -0.2) is 0 Å². The molecule has 0 unspecified atom stereocenters. The molecule has 7 aromatic rings. The molecule has 8 rings (SSSR count). The van der Waals surface area contributed by atoms with Gasteiger partial charge in [-0.1, -0.05) is 49.7 Å². The van der Waals surface area contributed by atoms with Crippen molar-refractivity contribution in [3.8, 4) is 11.3 Å². The molecular weight excluding hydrogens is 745 g/mol. The molecular formula is C41H38IrN2S-2. The summed E-state index contributed by atoms with van der Waals surface area (Å²) in [7, 11) is 0. The van der Waals surface area contributed by atoms with Gasteiger partial charge in [-0.2, -0.15) is 0 Å². The van der Waals surface area contributed by atoms with Gasteiger partial charge in [0, 0.05) is 55.8 Å². The van der Waals surface area contributed by atoms with Crippen molar-refractivity contribution in [1.82, 2.24) is 9.97 Å². The first-order valence-corrected chi connectivity index (χ1v) is 15.6. The van der Waals surface area contributed by atoms with E-state index in [9.17, 15) is 1.37 Å². The van der Waals surface area contributed by atoms with E-state index in [2.05, 4.69) is 60.2 Å². The molecule has 2 nitrogen and oxygen atoms in total. The third-order valence-electron chi connectivity index (χ3n) is 8.69. The summed E-state index contributed by atoms with van der Waals surface area (Å²) in [6, 6.07) is 27.7. The number of thiophene rings is 1. The Balaban J connectivity index is 0.000000211. The monoisotopic (exact) mass is 793 g/mol. The Morgan fingerprint density at radius 1 is 0.867 bits per heavy atom. The second-order valence-corrected chi connectivity index (χ2v) is 13.3. The van der Waals surface area contributed by atoms with Gasteiger partial charge in [-0.05, 0) is 107 Å². The SMILES string of the molecule is [2H]C([2H])([2H])c1c[c-]c(-c2ccc(C([2H])([2H])[2H])cn2)cc1.[2H]C([2H])([2H])c1ccnc2c3[c-]cccc3c3ccc4sc(C5([2H])CCC(C)(C)CC5)cc4c3c12.[Ir]. The van der Waals surface area contributed by atoms with Gasteiger partial charge in [0.2, 0.25) is 0 Å². The zero-order valence-electron chi connectivity index (χ0n) is 35.0. The molecule has 0 aliphatic heterocycles. The van der Waals surface area contributed by atoms with E-state index in [1.54, 1.807) is 35.7 Å². The molecule has 1 radical (unpaired) electrons. The summed E-state index contributed by atoms with van der Waals surface area (Å²) in [6.07, 6.45) is 6.69. The van der Waals surface area contributed by atoms with E-state index in [0.717, 1.165) is 62.2 Å². The summed E-state index contributed by atoms with van der Waals surface area (Å²) < 4.78 is 78.8. The van der Waals surface area contributed by atoms with Crippen molar-refractivity contribution in [3.63, 3.8) is 0 Å². The summed E-state index contributed by atoms with van der Waals surface area (Å²) >= 11 is 1.69. The molecule has 0 spiro atoms. The van der Waals surface area contributed by atoms with Crippen LogP contribution in [0.3, 0.4) is 0 Å². The fraction of sp³-hybridized carbons (Fsp3) is 0.268. The van der Waals surface area contributed by atoms with Gasteiger partial charge in [-0.3, -0.25) is 0 Å². The number of hydrogen-bond acceptors (Lipinski definition) is 3. The molecule has 1 saturated carbocycles. The molecule has 0 N–H and O–H groups in total. The van der Waals surface area contributed by atoms with Crippen LogP contribution in [-0.4, -0.2) is 9.97 Å². The fourth-order valence-electron chi connectivity index (χ4n) is 6.15. The number of pyridine rings is 2. The smallest absolute Gasteiger partial charge is 0.0361 e. The predicted octanol–water partition coefficient (Wildman–Crippen LogP) is 11.7. The van der Waals surface area contributed by atoms with Crippen LogP contribution in [0.15, 0.2) is 85.2 Å². The molecule has 0 atom stereocenters. The quantitative estimate of drug-likeness (QED) is 0.129. The van der Waals surface area contributed by atoms with Gasteiger partial charge >= 0.3 is 0 Å². The Morgan fingerprint density at radius 2 is 1.71 bits per heavy atom. The second-order valence-electron chi connectivity index (χ2n) is 12.2. The molecule has 4 aromatic carbocycles. The third kappa shape index (κ3) is 6.21. The van der Waals surface area contributed by atoms with Crippen molar-refractivity contribution >= 4 is 53.9 Å². The Bertz CT molecular complexity index is 2440. The first kappa shape index (κ1) is 21.4. The Kier molecular flexibility index (Phi) is 6.06. The minimum atomic E-state index is -2.26. The van der Waals surface area contributed by atoms with Crippen LogP contribution in [0.2, 0.25) is 0 Å². The van der Waals surface area contributed by atoms with E-state index in [-0.39, 0.29) is 31.2 Å². The van der Waals surface area contributed by atoms with E-state index in [1.807, 2.05) is 12.1 Å². The Morgan fingerprint density at radius 3 is 2.44 bits per heavy atom. The molecule has 0 saturated heterocycles. The van der Waals surface area contributed by atoms with Gasteiger partial charge in [0.1, 0.15) is 0 Å². The summed E-state index contributed by atoms with van der Waals surface area (Å²) in [5, 5.41) is 5.53. The van der Waals surface area contributed by atoms with Gasteiger partial charge in [-0.15, -0.1) is 76.4 Å². The van der Waals surface area contributed by atoms with Crippen LogP contribution < -0.4 is 0 Å². The van der Waals surface area contributed by atoms with Gasteiger partial charge in [0.25, 0.3) is 0 Å². The van der Waals surface area contributed by atoms with Gasteiger partial charge < -0.3 is 9.97 Å². The summed E-state index contributed by atoms with van der Waals surface area (Å²) in [5.41, 5.74) is 2.84. The number of rotatable bonds is 2. The van der Waals surface area contributed by atoms with Crippen LogP contribution in [-0.2, 0) is 20.1 Å². The van der Waals surface area contributed by atoms with Gasteiger partial charge in [0.15, 0.2) is 0 Å². The maximum Gasteiger partial charge on any atom is 0.0361 e. The molecule has 1 aliphatic rings. The molecule has 4 heteroatoms. The maximum atomic E-state index is 9.32. The average molecular weight is 793 g/mol. The molecule has 45 heavy (non-hydrogen) atoms. The van der Waals surface area contributed by atoms with Crippen molar-refractivity contribution < 1.29 is 33.8 Å². The van der Waals surface area contributed by atoms with Crippen molar-refractivity contribution in [2.24, 2.45) is 5.41 Å². The van der Waals surface area contributed by atoms with E-state index < -0.39 is 26.4 Å². The summed E-state index contributed by atoms with van der Waals surface area (Å²) in [6.45, 7) is -2.01. The largest absolute Gasteiger partial charge is 0.304 e. The average Bonchev–Trinajstić information content (AvgIpc) is 3.58. The normalized spacial score (nSPS) is 19.6. The predicted molar refractivity (Wildman–Crippen MR) is 189 cm³/mol. The van der Waals surface area contributed by atoms with E-state index in [0.29, 0.717) is 33.1 Å². The zero-order valence-corrected chi connectivity index (χ0v) is 28.3. The summed E-state index contributed by atoms with van der Waals surface area (Å²) in [4.78, 5) is 9.81. The Hall–Kier alpha value is -3.43. The zero-order chi connectivity index (χ0) is 38.8. The minimum absolute atomic E-state index is 0. The second kappa shape index (κ2) is 12.8. The molecule has 3 aromatic heterocycles. The molecule has 0 amide bonds.